The van der Waals surface area contributed by atoms with E-state index in [0.717, 1.165) is 11.3 Å². The number of thiophene rings is 1. The van der Waals surface area contributed by atoms with Crippen molar-refractivity contribution < 1.29 is 17.4 Å². The van der Waals surface area contributed by atoms with Gasteiger partial charge >= 0.3 is 10.1 Å². The number of benzene rings is 1. The number of rotatable bonds is 3. The van der Waals surface area contributed by atoms with E-state index in [2.05, 4.69) is 0 Å². The van der Waals surface area contributed by atoms with Crippen molar-refractivity contribution in [2.45, 2.75) is 24.5 Å². The molecule has 0 saturated heterocycles. The quantitative estimate of drug-likeness (QED) is 0.880. The van der Waals surface area contributed by atoms with Crippen LogP contribution in [-0.4, -0.2) is 13.0 Å². The van der Waals surface area contributed by atoms with E-state index < -0.39 is 15.9 Å². The molecule has 0 unspecified atom stereocenters. The molecule has 0 saturated carbocycles. The van der Waals surface area contributed by atoms with Gasteiger partial charge < -0.3 is 0 Å². The first kappa shape index (κ1) is 13.5. The normalized spacial score (nSPS) is 12.5. The fourth-order valence-corrected chi connectivity index (χ4v) is 4.05. The van der Waals surface area contributed by atoms with Gasteiger partial charge in [0.15, 0.2) is 4.21 Å². The monoisotopic (exact) mass is 288 g/mol. The van der Waals surface area contributed by atoms with Crippen LogP contribution in [0.2, 0.25) is 0 Å². The van der Waals surface area contributed by atoms with Crippen LogP contribution in [0.5, 0.6) is 0 Å². The number of hydrogen-bond donors (Lipinski definition) is 1. The third-order valence-corrected chi connectivity index (χ3v) is 5.17. The molecule has 0 spiro atoms. The molecule has 2 rings (SSSR count). The van der Waals surface area contributed by atoms with Gasteiger partial charge in [-0.3, -0.25) is 4.55 Å². The first-order valence-corrected chi connectivity index (χ1v) is 7.73. The predicted molar refractivity (Wildman–Crippen MR) is 70.1 cm³/mol. The lowest BCUT2D eigenvalue weighted by atomic mass is 10.0. The average molecular weight is 288 g/mol. The Labute approximate surface area is 109 Å². The van der Waals surface area contributed by atoms with Crippen LogP contribution < -0.4 is 0 Å². The molecule has 1 aromatic carbocycles. The summed E-state index contributed by atoms with van der Waals surface area (Å²) in [5.41, 5.74) is 0.506. The van der Waals surface area contributed by atoms with E-state index in [-0.39, 0.29) is 10.1 Å². The highest BCUT2D eigenvalue weighted by Crippen LogP contribution is 2.36. The van der Waals surface area contributed by atoms with Gasteiger partial charge in [0.2, 0.25) is 0 Å². The van der Waals surface area contributed by atoms with E-state index in [9.17, 15) is 17.4 Å². The number of hydrogen-bond acceptors (Lipinski definition) is 3. The van der Waals surface area contributed by atoms with Crippen molar-refractivity contribution in [3.05, 3.63) is 29.6 Å². The van der Waals surface area contributed by atoms with Gasteiger partial charge in [0.25, 0.3) is 0 Å². The Balaban J connectivity index is 2.77. The highest BCUT2D eigenvalue weighted by atomic mass is 32.3. The maximum atomic E-state index is 13.3. The van der Waals surface area contributed by atoms with E-state index in [1.54, 1.807) is 0 Å². The van der Waals surface area contributed by atoms with E-state index in [1.807, 2.05) is 13.8 Å². The molecule has 1 N–H and O–H groups in total. The molecule has 0 fully saturated rings. The lowest BCUT2D eigenvalue weighted by Gasteiger charge is -2.05. The minimum absolute atomic E-state index is 0.0724. The van der Waals surface area contributed by atoms with Crippen molar-refractivity contribution in [3.63, 3.8) is 0 Å². The fourth-order valence-electron chi connectivity index (χ4n) is 1.91. The van der Waals surface area contributed by atoms with Crippen LogP contribution in [-0.2, 0) is 16.5 Å². The summed E-state index contributed by atoms with van der Waals surface area (Å²) in [6.07, 6.45) is 0.485. The molecule has 2 aromatic rings. The maximum absolute atomic E-state index is 13.3. The zero-order valence-electron chi connectivity index (χ0n) is 9.97. The Morgan fingerprint density at radius 3 is 2.61 bits per heavy atom. The third-order valence-electron chi connectivity index (χ3n) is 2.56. The topological polar surface area (TPSA) is 54.4 Å². The second-order valence-corrected chi connectivity index (χ2v) is 7.25. The molecular formula is C12H13FO3S2. The summed E-state index contributed by atoms with van der Waals surface area (Å²) in [6.45, 7) is 3.88. The standard InChI is InChI=1S/C12H13FO3S2/c1-7(2)5-10-9-6-8(13)3-4-11(9)17-12(10)18(14,15)16/h3-4,6-7H,5H2,1-2H3,(H,14,15,16). The predicted octanol–water partition coefficient (Wildman–Crippen LogP) is 3.49. The Morgan fingerprint density at radius 2 is 2.06 bits per heavy atom. The zero-order chi connectivity index (χ0) is 13.5. The first-order chi connectivity index (χ1) is 8.29. The van der Waals surface area contributed by atoms with Crippen molar-refractivity contribution in [2.75, 3.05) is 0 Å². The van der Waals surface area contributed by atoms with Crippen LogP contribution in [0.1, 0.15) is 19.4 Å². The zero-order valence-corrected chi connectivity index (χ0v) is 11.6. The van der Waals surface area contributed by atoms with Crippen LogP contribution >= 0.6 is 11.3 Å². The van der Waals surface area contributed by atoms with Crippen molar-refractivity contribution in [1.29, 1.82) is 0 Å². The van der Waals surface area contributed by atoms with Crippen molar-refractivity contribution in [1.82, 2.24) is 0 Å². The van der Waals surface area contributed by atoms with Gasteiger partial charge in [-0.25, -0.2) is 4.39 Å². The highest BCUT2D eigenvalue weighted by molar-refractivity contribution is 7.88. The molecule has 0 atom stereocenters. The molecule has 0 amide bonds. The van der Waals surface area contributed by atoms with Crippen molar-refractivity contribution >= 4 is 31.5 Å². The largest absolute Gasteiger partial charge is 0.304 e. The van der Waals surface area contributed by atoms with Crippen LogP contribution in [0.15, 0.2) is 22.4 Å². The SMILES string of the molecule is CC(C)Cc1c(S(=O)(=O)O)sc2ccc(F)cc12. The van der Waals surface area contributed by atoms with Crippen LogP contribution in [0.4, 0.5) is 4.39 Å². The van der Waals surface area contributed by atoms with E-state index in [4.69, 9.17) is 0 Å². The van der Waals surface area contributed by atoms with Gasteiger partial charge in [-0.1, -0.05) is 13.8 Å². The van der Waals surface area contributed by atoms with Crippen molar-refractivity contribution in [3.8, 4) is 0 Å². The minimum atomic E-state index is -4.26. The van der Waals surface area contributed by atoms with Crippen molar-refractivity contribution in [2.24, 2.45) is 5.92 Å². The molecule has 0 radical (unpaired) electrons. The highest BCUT2D eigenvalue weighted by Gasteiger charge is 2.22. The first-order valence-electron chi connectivity index (χ1n) is 5.47. The van der Waals surface area contributed by atoms with Gasteiger partial charge in [0, 0.05) is 4.70 Å². The summed E-state index contributed by atoms with van der Waals surface area (Å²) in [6, 6.07) is 4.14. The third kappa shape index (κ3) is 2.55. The lowest BCUT2D eigenvalue weighted by Crippen LogP contribution is -2.02. The minimum Gasteiger partial charge on any atom is -0.281 e. The summed E-state index contributed by atoms with van der Waals surface area (Å²) >= 11 is 0.977. The Bertz CT molecular complexity index is 687. The smallest absolute Gasteiger partial charge is 0.281 e. The molecule has 1 heterocycles. The summed E-state index contributed by atoms with van der Waals surface area (Å²) in [5.74, 6) is -0.196. The molecule has 18 heavy (non-hydrogen) atoms. The molecule has 0 aliphatic carbocycles. The van der Waals surface area contributed by atoms with E-state index >= 15 is 0 Å². The average Bonchev–Trinajstić information content (AvgIpc) is 2.56. The van der Waals surface area contributed by atoms with E-state index in [0.29, 0.717) is 22.1 Å². The molecule has 0 aliphatic rings. The number of halogens is 1. The Morgan fingerprint density at radius 1 is 1.39 bits per heavy atom. The number of fused-ring (bicyclic) bond motifs is 1. The molecule has 98 valence electrons. The van der Waals surface area contributed by atoms with Gasteiger partial charge in [-0.15, -0.1) is 11.3 Å². The van der Waals surface area contributed by atoms with Gasteiger partial charge in [-0.05, 0) is 41.5 Å². The molecule has 0 bridgehead atoms. The Kier molecular flexibility index (Phi) is 3.44. The summed E-state index contributed by atoms with van der Waals surface area (Å²) in [7, 11) is -4.26. The van der Waals surface area contributed by atoms with Gasteiger partial charge in [-0.2, -0.15) is 8.42 Å². The maximum Gasteiger partial charge on any atom is 0.304 e. The van der Waals surface area contributed by atoms with E-state index in [1.165, 1.54) is 18.2 Å². The van der Waals surface area contributed by atoms with Gasteiger partial charge in [0.1, 0.15) is 5.82 Å². The molecule has 6 heteroatoms. The van der Waals surface area contributed by atoms with Crippen LogP contribution in [0, 0.1) is 11.7 Å². The second-order valence-electron chi connectivity index (χ2n) is 4.58. The summed E-state index contributed by atoms with van der Waals surface area (Å²) in [5, 5.41) is 0.571. The van der Waals surface area contributed by atoms with Crippen LogP contribution in [0.3, 0.4) is 0 Å². The molecule has 3 nitrogen and oxygen atoms in total. The van der Waals surface area contributed by atoms with Gasteiger partial charge in [0.05, 0.1) is 0 Å². The molecule has 0 aliphatic heterocycles. The second kappa shape index (κ2) is 4.60. The summed E-state index contributed by atoms with van der Waals surface area (Å²) in [4.78, 5) is 0. The lowest BCUT2D eigenvalue weighted by molar-refractivity contribution is 0.484. The van der Waals surface area contributed by atoms with Crippen LogP contribution in [0.25, 0.3) is 10.1 Å². The molecular weight excluding hydrogens is 275 g/mol. The fraction of sp³-hybridized carbons (Fsp3) is 0.333. The Hall–Kier alpha value is -0.980. The molecule has 1 aromatic heterocycles. The summed E-state index contributed by atoms with van der Waals surface area (Å²) < 4.78 is 45.8.